The molecule has 0 atom stereocenters. The first-order chi connectivity index (χ1) is 10.1. The van der Waals surface area contributed by atoms with Crippen molar-refractivity contribution < 1.29 is 24.2 Å². The van der Waals surface area contributed by atoms with Crippen LogP contribution >= 0.6 is 0 Å². The van der Waals surface area contributed by atoms with E-state index in [0.29, 0.717) is 11.3 Å². The largest absolute Gasteiger partial charge is 0.507 e. The minimum absolute atomic E-state index is 0.210. The molecule has 22 heavy (non-hydrogen) atoms. The molecule has 0 spiro atoms. The van der Waals surface area contributed by atoms with Crippen LogP contribution in [0.15, 0.2) is 18.2 Å². The van der Waals surface area contributed by atoms with E-state index in [1.165, 1.54) is 7.11 Å². The normalized spacial score (nSPS) is 12.0. The average molecular weight is 306 g/mol. The number of esters is 1. The Hall–Kier alpha value is -2.30. The predicted molar refractivity (Wildman–Crippen MR) is 84.1 cm³/mol. The highest BCUT2D eigenvalue weighted by Crippen LogP contribution is 2.37. The van der Waals surface area contributed by atoms with E-state index >= 15 is 0 Å². The maximum absolute atomic E-state index is 11.6. The van der Waals surface area contributed by atoms with Gasteiger partial charge in [0.15, 0.2) is 0 Å². The minimum Gasteiger partial charge on any atom is -0.507 e. The number of rotatable bonds is 4. The van der Waals surface area contributed by atoms with E-state index in [-0.39, 0.29) is 11.2 Å². The zero-order chi connectivity index (χ0) is 17.1. The maximum atomic E-state index is 11.6. The fraction of sp³-hybridized carbons (Fsp3) is 0.412. The predicted octanol–water partition coefficient (Wildman–Crippen LogP) is 2.94. The molecule has 0 unspecified atom stereocenters. The van der Waals surface area contributed by atoms with Crippen LogP contribution in [0, 0.1) is 6.92 Å². The van der Waals surface area contributed by atoms with E-state index in [9.17, 15) is 14.7 Å². The second-order valence-corrected chi connectivity index (χ2v) is 6.03. The van der Waals surface area contributed by atoms with Crippen LogP contribution in [-0.4, -0.2) is 31.1 Å². The Morgan fingerprint density at radius 2 is 1.77 bits per heavy atom. The van der Waals surface area contributed by atoms with Gasteiger partial charge in [-0.2, -0.15) is 0 Å². The summed E-state index contributed by atoms with van der Waals surface area (Å²) in [5.41, 5.74) is 1.96. The van der Waals surface area contributed by atoms with Gasteiger partial charge in [-0.05, 0) is 24.0 Å². The molecule has 0 radical (unpaired) electrons. The van der Waals surface area contributed by atoms with Crippen LogP contribution in [-0.2, 0) is 19.7 Å². The van der Waals surface area contributed by atoms with Crippen molar-refractivity contribution in [3.63, 3.8) is 0 Å². The molecule has 0 aromatic heterocycles. The summed E-state index contributed by atoms with van der Waals surface area (Å²) in [5, 5.41) is 10.2. The molecule has 1 aromatic carbocycles. The van der Waals surface area contributed by atoms with Gasteiger partial charge in [-0.15, -0.1) is 0 Å². The third kappa shape index (κ3) is 3.87. The van der Waals surface area contributed by atoms with Gasteiger partial charge < -0.3 is 14.6 Å². The molecule has 120 valence electrons. The molecule has 1 aromatic rings. The van der Waals surface area contributed by atoms with Gasteiger partial charge in [-0.3, -0.25) is 4.79 Å². The maximum Gasteiger partial charge on any atom is 0.378 e. The molecular formula is C17H22O5. The average Bonchev–Trinajstić information content (AvgIpc) is 2.44. The van der Waals surface area contributed by atoms with E-state index in [1.54, 1.807) is 6.07 Å². The summed E-state index contributed by atoms with van der Waals surface area (Å²) in [4.78, 5) is 22.7. The molecule has 0 amide bonds. The second-order valence-electron chi connectivity index (χ2n) is 6.03. The first-order valence-corrected chi connectivity index (χ1v) is 6.84. The van der Waals surface area contributed by atoms with Crippen molar-refractivity contribution in [1.82, 2.24) is 0 Å². The number of hydrogen-bond donors (Lipinski definition) is 1. The van der Waals surface area contributed by atoms with Gasteiger partial charge >= 0.3 is 5.97 Å². The molecule has 1 rings (SSSR count). The monoisotopic (exact) mass is 306 g/mol. The molecular weight excluding hydrogens is 284 g/mol. The van der Waals surface area contributed by atoms with Crippen LogP contribution < -0.4 is 4.74 Å². The van der Waals surface area contributed by atoms with Crippen LogP contribution in [0.5, 0.6) is 5.75 Å². The molecule has 0 bridgehead atoms. The fourth-order valence-corrected chi connectivity index (χ4v) is 2.10. The lowest BCUT2D eigenvalue weighted by Gasteiger charge is -2.24. The zero-order valence-electron chi connectivity index (χ0n) is 13.8. The molecule has 0 aliphatic rings. The number of ketones is 1. The van der Waals surface area contributed by atoms with Crippen LogP contribution in [0.2, 0.25) is 0 Å². The van der Waals surface area contributed by atoms with E-state index in [2.05, 4.69) is 4.74 Å². The number of hydrogen-bond acceptors (Lipinski definition) is 5. The Balaban J connectivity index is 3.47. The lowest BCUT2D eigenvalue weighted by molar-refractivity contribution is -0.149. The summed E-state index contributed by atoms with van der Waals surface area (Å²) in [6.45, 7) is 7.95. The summed E-state index contributed by atoms with van der Waals surface area (Å²) < 4.78 is 9.75. The molecule has 0 fully saturated rings. The summed E-state index contributed by atoms with van der Waals surface area (Å²) in [6, 6.07) is 3.67. The van der Waals surface area contributed by atoms with Crippen LogP contribution in [0.25, 0.3) is 5.76 Å². The number of carbonyl (C=O) groups excluding carboxylic acids is 2. The van der Waals surface area contributed by atoms with Gasteiger partial charge in [0.2, 0.25) is 0 Å². The smallest absolute Gasteiger partial charge is 0.378 e. The van der Waals surface area contributed by atoms with Crippen molar-refractivity contribution in [3.8, 4) is 5.75 Å². The summed E-state index contributed by atoms with van der Waals surface area (Å²) in [7, 11) is 2.61. The van der Waals surface area contributed by atoms with Gasteiger partial charge in [0.05, 0.1) is 19.8 Å². The van der Waals surface area contributed by atoms with Crippen LogP contribution in [0.1, 0.15) is 37.5 Å². The quantitative estimate of drug-likeness (QED) is 0.401. The number of aliphatic hydroxyl groups is 1. The second kappa shape index (κ2) is 6.64. The lowest BCUT2D eigenvalue weighted by Crippen LogP contribution is -2.15. The van der Waals surface area contributed by atoms with Crippen molar-refractivity contribution in [2.45, 2.75) is 33.1 Å². The Bertz CT molecular complexity index is 621. The third-order valence-corrected chi connectivity index (χ3v) is 3.18. The molecule has 1 N–H and O–H groups in total. The summed E-state index contributed by atoms with van der Waals surface area (Å²) in [6.07, 6.45) is 0.843. The number of carbonyl (C=O) groups is 2. The highest BCUT2D eigenvalue weighted by Gasteiger charge is 2.24. The number of aryl methyl sites for hydroxylation is 1. The minimum atomic E-state index is -1.03. The first-order valence-electron chi connectivity index (χ1n) is 6.84. The first kappa shape index (κ1) is 17.8. The van der Waals surface area contributed by atoms with E-state index in [4.69, 9.17) is 4.74 Å². The SMILES string of the molecule is COC(=O)C(=O)/C=C(/O)c1cc(C)cc(C(C)(C)C)c1OC. The van der Waals surface area contributed by atoms with Gasteiger partial charge in [-0.1, -0.05) is 26.8 Å². The van der Waals surface area contributed by atoms with Crippen LogP contribution in [0.3, 0.4) is 0 Å². The Labute approximate surface area is 130 Å². The Morgan fingerprint density at radius 1 is 1.18 bits per heavy atom. The van der Waals surface area contributed by atoms with Crippen molar-refractivity contribution in [2.75, 3.05) is 14.2 Å². The lowest BCUT2D eigenvalue weighted by atomic mass is 9.84. The molecule has 5 nitrogen and oxygen atoms in total. The summed E-state index contributed by atoms with van der Waals surface area (Å²) in [5.74, 6) is -1.82. The Kier molecular flexibility index (Phi) is 5.36. The molecule has 5 heteroatoms. The van der Waals surface area contributed by atoms with Crippen molar-refractivity contribution in [1.29, 1.82) is 0 Å². The topological polar surface area (TPSA) is 72.8 Å². The van der Waals surface area contributed by atoms with Crippen LogP contribution in [0.4, 0.5) is 0 Å². The molecule has 0 saturated heterocycles. The summed E-state index contributed by atoms with van der Waals surface area (Å²) >= 11 is 0. The zero-order valence-corrected chi connectivity index (χ0v) is 13.8. The van der Waals surface area contributed by atoms with Gasteiger partial charge in [0.25, 0.3) is 5.78 Å². The third-order valence-electron chi connectivity index (χ3n) is 3.18. The highest BCUT2D eigenvalue weighted by atomic mass is 16.5. The molecule has 0 heterocycles. The Morgan fingerprint density at radius 3 is 2.23 bits per heavy atom. The van der Waals surface area contributed by atoms with Gasteiger partial charge in [-0.25, -0.2) is 4.79 Å². The van der Waals surface area contributed by atoms with Crippen molar-refractivity contribution >= 4 is 17.5 Å². The van der Waals surface area contributed by atoms with Crippen molar-refractivity contribution in [2.24, 2.45) is 0 Å². The highest BCUT2D eigenvalue weighted by molar-refractivity contribution is 6.39. The van der Waals surface area contributed by atoms with Crippen molar-refractivity contribution in [3.05, 3.63) is 34.9 Å². The number of methoxy groups -OCH3 is 2. The standard InChI is InChI=1S/C17H22O5/c1-10-7-11(13(18)9-14(19)16(20)22-6)15(21-5)12(8-10)17(2,3)4/h7-9,18H,1-6H3/b13-9+. The number of aliphatic hydroxyl groups excluding tert-OH is 1. The molecule has 0 aliphatic heterocycles. The molecule has 0 aliphatic carbocycles. The molecule has 0 saturated carbocycles. The van der Waals surface area contributed by atoms with E-state index in [0.717, 1.165) is 24.3 Å². The van der Waals surface area contributed by atoms with Gasteiger partial charge in [0.1, 0.15) is 11.5 Å². The number of ether oxygens (including phenoxy) is 2. The van der Waals surface area contributed by atoms with E-state index < -0.39 is 11.8 Å². The van der Waals surface area contributed by atoms with Gasteiger partial charge in [0, 0.05) is 11.6 Å². The van der Waals surface area contributed by atoms with E-state index in [1.807, 2.05) is 33.8 Å². The number of benzene rings is 1. The fourth-order valence-electron chi connectivity index (χ4n) is 2.10.